The van der Waals surface area contributed by atoms with Gasteiger partial charge in [0.05, 0.1) is 12.2 Å². The van der Waals surface area contributed by atoms with E-state index < -0.39 is 12.6 Å². The van der Waals surface area contributed by atoms with Crippen LogP contribution >= 0.6 is 0 Å². The molecule has 1 aromatic heterocycles. The molecule has 1 aromatic rings. The molecule has 0 amide bonds. The summed E-state index contributed by atoms with van der Waals surface area (Å²) >= 11 is 0. The molecular weight excluding hydrogens is 235 g/mol. The summed E-state index contributed by atoms with van der Waals surface area (Å²) in [6.07, 6.45) is -3.82. The van der Waals surface area contributed by atoms with Crippen LogP contribution in [0, 0.1) is 0 Å². The second kappa shape index (κ2) is 5.65. The maximum atomic E-state index is 11.9. The van der Waals surface area contributed by atoms with Crippen molar-refractivity contribution < 1.29 is 22.7 Å². The monoisotopic (exact) mass is 247 g/mol. The Hall–Kier alpha value is -1.59. The van der Waals surface area contributed by atoms with Gasteiger partial charge in [-0.25, -0.2) is 4.98 Å². The number of Topliss-reactive ketones (excluding diaryl/α,β-unsaturated/α-hetero) is 1. The van der Waals surface area contributed by atoms with Crippen LogP contribution in [0.5, 0.6) is 5.88 Å². The van der Waals surface area contributed by atoms with Gasteiger partial charge in [-0.15, -0.1) is 0 Å². The second-order valence-electron chi connectivity index (χ2n) is 3.48. The van der Waals surface area contributed by atoms with Crippen LogP contribution in [0.15, 0.2) is 18.3 Å². The summed E-state index contributed by atoms with van der Waals surface area (Å²) in [5.74, 6) is -0.147. The molecule has 0 radical (unpaired) electrons. The van der Waals surface area contributed by atoms with Crippen LogP contribution < -0.4 is 4.74 Å². The van der Waals surface area contributed by atoms with Gasteiger partial charge in [-0.2, -0.15) is 13.2 Å². The third kappa shape index (κ3) is 4.84. The molecule has 3 nitrogen and oxygen atoms in total. The van der Waals surface area contributed by atoms with Crippen LogP contribution in [0.1, 0.15) is 30.1 Å². The minimum atomic E-state index is -4.18. The molecule has 0 saturated carbocycles. The average Bonchev–Trinajstić information content (AvgIpc) is 2.23. The van der Waals surface area contributed by atoms with E-state index in [-0.39, 0.29) is 30.3 Å². The summed E-state index contributed by atoms with van der Waals surface area (Å²) < 4.78 is 40.7. The van der Waals surface area contributed by atoms with E-state index >= 15 is 0 Å². The van der Waals surface area contributed by atoms with Gasteiger partial charge in [0, 0.05) is 12.6 Å². The number of halogens is 3. The maximum Gasteiger partial charge on any atom is 0.389 e. The van der Waals surface area contributed by atoms with E-state index in [0.717, 1.165) is 0 Å². The van der Waals surface area contributed by atoms with Gasteiger partial charge in [0.1, 0.15) is 0 Å². The van der Waals surface area contributed by atoms with Crippen LogP contribution in [-0.4, -0.2) is 23.6 Å². The van der Waals surface area contributed by atoms with Crippen molar-refractivity contribution in [1.29, 1.82) is 0 Å². The predicted molar refractivity (Wildman–Crippen MR) is 55.0 cm³/mol. The number of ketones is 1. The van der Waals surface area contributed by atoms with Crippen molar-refractivity contribution in [3.63, 3.8) is 0 Å². The lowest BCUT2D eigenvalue weighted by Crippen LogP contribution is -2.11. The molecule has 0 saturated heterocycles. The van der Waals surface area contributed by atoms with Gasteiger partial charge < -0.3 is 4.74 Å². The number of alkyl halides is 3. The number of ether oxygens (including phenoxy) is 1. The van der Waals surface area contributed by atoms with Crippen LogP contribution in [0.3, 0.4) is 0 Å². The van der Waals surface area contributed by atoms with Crippen molar-refractivity contribution in [2.75, 3.05) is 6.61 Å². The Morgan fingerprint density at radius 2 is 2.18 bits per heavy atom. The summed E-state index contributed by atoms with van der Waals surface area (Å²) in [6, 6.07) is 3.09. The van der Waals surface area contributed by atoms with Gasteiger partial charge in [0.25, 0.3) is 0 Å². The lowest BCUT2D eigenvalue weighted by Gasteiger charge is -2.09. The Morgan fingerprint density at radius 1 is 1.47 bits per heavy atom. The van der Waals surface area contributed by atoms with Gasteiger partial charge in [-0.3, -0.25) is 4.79 Å². The van der Waals surface area contributed by atoms with E-state index in [2.05, 4.69) is 4.98 Å². The van der Waals surface area contributed by atoms with Crippen molar-refractivity contribution in [1.82, 2.24) is 4.98 Å². The number of hydrogen-bond donors (Lipinski definition) is 0. The lowest BCUT2D eigenvalue weighted by atomic mass is 10.2. The number of rotatable bonds is 5. The SMILES string of the molecule is CC(=O)c1cccnc1OCCCC(F)(F)F. The van der Waals surface area contributed by atoms with Crippen molar-refractivity contribution in [3.05, 3.63) is 23.9 Å². The van der Waals surface area contributed by atoms with Gasteiger partial charge in [0.15, 0.2) is 5.78 Å². The lowest BCUT2D eigenvalue weighted by molar-refractivity contribution is -0.136. The highest BCUT2D eigenvalue weighted by Crippen LogP contribution is 2.22. The van der Waals surface area contributed by atoms with Gasteiger partial charge in [-0.1, -0.05) is 0 Å². The smallest absolute Gasteiger partial charge is 0.389 e. The van der Waals surface area contributed by atoms with E-state index in [1.807, 2.05) is 0 Å². The van der Waals surface area contributed by atoms with Crippen LogP contribution in [0.2, 0.25) is 0 Å². The summed E-state index contributed by atoms with van der Waals surface area (Å²) in [7, 11) is 0. The minimum absolute atomic E-state index is 0.0853. The zero-order chi connectivity index (χ0) is 12.9. The van der Waals surface area contributed by atoms with Crippen molar-refractivity contribution in [2.24, 2.45) is 0 Å². The molecule has 0 unspecified atom stereocenters. The normalized spacial score (nSPS) is 11.3. The first-order chi connectivity index (χ1) is 7.90. The van der Waals surface area contributed by atoms with Crippen LogP contribution in [-0.2, 0) is 0 Å². The highest BCUT2D eigenvalue weighted by Gasteiger charge is 2.26. The molecule has 1 rings (SSSR count). The van der Waals surface area contributed by atoms with E-state index in [9.17, 15) is 18.0 Å². The van der Waals surface area contributed by atoms with Crippen molar-refractivity contribution in [2.45, 2.75) is 25.9 Å². The molecular formula is C11H12F3NO2. The first-order valence-corrected chi connectivity index (χ1v) is 5.05. The number of pyridine rings is 1. The largest absolute Gasteiger partial charge is 0.477 e. The van der Waals surface area contributed by atoms with E-state index in [1.165, 1.54) is 19.2 Å². The van der Waals surface area contributed by atoms with E-state index in [1.54, 1.807) is 6.07 Å². The fourth-order valence-electron chi connectivity index (χ4n) is 1.22. The summed E-state index contributed by atoms with van der Waals surface area (Å²) in [5.41, 5.74) is 0.277. The van der Waals surface area contributed by atoms with E-state index in [4.69, 9.17) is 4.74 Å². The molecule has 0 aliphatic carbocycles. The standard InChI is InChI=1S/C11H12F3NO2/c1-8(16)9-4-2-6-15-10(9)17-7-3-5-11(12,13)14/h2,4,6H,3,5,7H2,1H3. The molecule has 0 bridgehead atoms. The first-order valence-electron chi connectivity index (χ1n) is 5.05. The molecule has 6 heteroatoms. The molecule has 17 heavy (non-hydrogen) atoms. The number of carbonyl (C=O) groups is 1. The zero-order valence-corrected chi connectivity index (χ0v) is 9.25. The maximum absolute atomic E-state index is 11.9. The number of carbonyl (C=O) groups excluding carboxylic acids is 1. The van der Waals surface area contributed by atoms with Gasteiger partial charge in [0.2, 0.25) is 5.88 Å². The second-order valence-corrected chi connectivity index (χ2v) is 3.48. The molecule has 0 aliphatic rings. The highest BCUT2D eigenvalue weighted by molar-refractivity contribution is 5.96. The molecule has 94 valence electrons. The Bertz CT molecular complexity index is 391. The number of hydrogen-bond acceptors (Lipinski definition) is 3. The highest BCUT2D eigenvalue weighted by atomic mass is 19.4. The number of nitrogens with zero attached hydrogens (tertiary/aromatic N) is 1. The summed E-state index contributed by atoms with van der Waals surface area (Å²) in [5, 5.41) is 0. The molecule has 0 fully saturated rings. The van der Waals surface area contributed by atoms with Crippen molar-refractivity contribution in [3.8, 4) is 5.88 Å². The Balaban J connectivity index is 2.49. The summed E-state index contributed by atoms with van der Waals surface area (Å²) in [6.45, 7) is 1.23. The zero-order valence-electron chi connectivity index (χ0n) is 9.25. The molecule has 0 spiro atoms. The molecule has 0 N–H and O–H groups in total. The van der Waals surface area contributed by atoms with Gasteiger partial charge >= 0.3 is 6.18 Å². The first kappa shape index (κ1) is 13.5. The molecule has 0 aromatic carbocycles. The average molecular weight is 247 g/mol. The Labute approximate surface area is 96.6 Å². The topological polar surface area (TPSA) is 39.2 Å². The Kier molecular flexibility index (Phi) is 4.48. The fraction of sp³-hybridized carbons (Fsp3) is 0.455. The third-order valence-electron chi connectivity index (χ3n) is 1.99. The molecule has 0 atom stereocenters. The van der Waals surface area contributed by atoms with Gasteiger partial charge in [-0.05, 0) is 25.5 Å². The summed E-state index contributed by atoms with van der Waals surface area (Å²) in [4.78, 5) is 15.0. The molecule has 0 aliphatic heterocycles. The van der Waals surface area contributed by atoms with Crippen LogP contribution in [0.25, 0.3) is 0 Å². The number of aromatic nitrogens is 1. The quantitative estimate of drug-likeness (QED) is 0.593. The predicted octanol–water partition coefficient (Wildman–Crippen LogP) is 3.01. The molecule has 1 heterocycles. The third-order valence-corrected chi connectivity index (χ3v) is 1.99. The van der Waals surface area contributed by atoms with Crippen LogP contribution in [0.4, 0.5) is 13.2 Å². The Morgan fingerprint density at radius 3 is 2.76 bits per heavy atom. The van der Waals surface area contributed by atoms with E-state index in [0.29, 0.717) is 0 Å². The minimum Gasteiger partial charge on any atom is -0.477 e. The fourth-order valence-corrected chi connectivity index (χ4v) is 1.22. The van der Waals surface area contributed by atoms with Crippen molar-refractivity contribution >= 4 is 5.78 Å².